The number of aryl methyl sites for hydroxylation is 1. The Morgan fingerprint density at radius 2 is 1.85 bits per heavy atom. The average Bonchev–Trinajstić information content (AvgIpc) is 2.43. The maximum atomic E-state index is 11.0. The van der Waals surface area contributed by atoms with Gasteiger partial charge in [0.05, 0.1) is 6.61 Å². The van der Waals surface area contributed by atoms with E-state index >= 15 is 0 Å². The summed E-state index contributed by atoms with van der Waals surface area (Å²) in [5, 5.41) is 8.50. The van der Waals surface area contributed by atoms with Crippen LogP contribution in [0.4, 0.5) is 0 Å². The molecular weight excluding hydrogens is 260 g/mol. The third-order valence-electron chi connectivity index (χ3n) is 2.68. The van der Waals surface area contributed by atoms with Crippen LogP contribution in [-0.2, 0) is 27.4 Å². The van der Waals surface area contributed by atoms with E-state index in [0.717, 1.165) is 24.8 Å². The number of rotatable bonds is 7. The summed E-state index contributed by atoms with van der Waals surface area (Å²) in [5.74, 6) is -2.15. The largest absolute Gasteiger partial charge is 0.493 e. The highest BCUT2D eigenvalue weighted by Gasteiger charge is 2.15. The van der Waals surface area contributed by atoms with Crippen molar-refractivity contribution in [1.29, 1.82) is 0 Å². The van der Waals surface area contributed by atoms with Gasteiger partial charge in [-0.15, -0.1) is 0 Å². The molecule has 0 saturated carbocycles. The number of ether oxygens (including phenoxy) is 2. The number of carbonyl (C=O) groups excluding carboxylic acids is 1. The molecule has 0 heterocycles. The first-order chi connectivity index (χ1) is 9.60. The van der Waals surface area contributed by atoms with Crippen LogP contribution in [0.3, 0.4) is 0 Å². The van der Waals surface area contributed by atoms with Crippen molar-refractivity contribution in [1.82, 2.24) is 0 Å². The Bertz CT molecular complexity index is 467. The van der Waals surface area contributed by atoms with Crippen LogP contribution in [0.5, 0.6) is 5.75 Å². The second kappa shape index (κ2) is 8.19. The monoisotopic (exact) mass is 280 g/mol. The van der Waals surface area contributed by atoms with Gasteiger partial charge in [0.2, 0.25) is 0 Å². The summed E-state index contributed by atoms with van der Waals surface area (Å²) in [6.07, 6.45) is 2.70. The van der Waals surface area contributed by atoms with Crippen molar-refractivity contribution in [2.75, 3.05) is 6.61 Å². The SMILES string of the molecule is CCCOc1c(CCC)cccc1COC(=O)C(=O)O. The first-order valence-electron chi connectivity index (χ1n) is 6.73. The second-order valence-corrected chi connectivity index (χ2v) is 4.39. The maximum absolute atomic E-state index is 11.0. The van der Waals surface area contributed by atoms with Crippen LogP contribution in [0.2, 0.25) is 0 Å². The van der Waals surface area contributed by atoms with Crippen LogP contribution in [0.1, 0.15) is 37.8 Å². The van der Waals surface area contributed by atoms with Crippen molar-refractivity contribution in [2.45, 2.75) is 39.7 Å². The van der Waals surface area contributed by atoms with Gasteiger partial charge in [0.15, 0.2) is 0 Å². The predicted octanol–water partition coefficient (Wildman–Crippen LogP) is 2.56. The first kappa shape index (κ1) is 16.0. The van der Waals surface area contributed by atoms with Crippen molar-refractivity contribution in [3.8, 4) is 5.75 Å². The summed E-state index contributed by atoms with van der Waals surface area (Å²) in [6.45, 7) is 4.55. The molecule has 1 aromatic rings. The number of benzene rings is 1. The molecule has 1 aromatic carbocycles. The van der Waals surface area contributed by atoms with Gasteiger partial charge < -0.3 is 14.6 Å². The van der Waals surface area contributed by atoms with E-state index in [-0.39, 0.29) is 6.61 Å². The molecule has 110 valence electrons. The van der Waals surface area contributed by atoms with E-state index in [0.29, 0.717) is 17.9 Å². The molecule has 0 radical (unpaired) electrons. The quantitative estimate of drug-likeness (QED) is 0.614. The Labute approximate surface area is 118 Å². The Balaban J connectivity index is 2.89. The molecule has 0 saturated heterocycles. The summed E-state index contributed by atoms with van der Waals surface area (Å²) < 4.78 is 10.4. The molecule has 0 atom stereocenters. The van der Waals surface area contributed by atoms with Gasteiger partial charge >= 0.3 is 11.9 Å². The van der Waals surface area contributed by atoms with Crippen LogP contribution in [0.15, 0.2) is 18.2 Å². The molecule has 0 aliphatic heterocycles. The highest BCUT2D eigenvalue weighted by atomic mass is 16.6. The van der Waals surface area contributed by atoms with Crippen LogP contribution < -0.4 is 4.74 Å². The number of carbonyl (C=O) groups is 2. The normalized spacial score (nSPS) is 10.1. The van der Waals surface area contributed by atoms with Crippen LogP contribution >= 0.6 is 0 Å². The molecule has 0 aromatic heterocycles. The van der Waals surface area contributed by atoms with Crippen molar-refractivity contribution >= 4 is 11.9 Å². The summed E-state index contributed by atoms with van der Waals surface area (Å²) in [4.78, 5) is 21.4. The average molecular weight is 280 g/mol. The van der Waals surface area contributed by atoms with Gasteiger partial charge in [-0.05, 0) is 18.4 Å². The van der Waals surface area contributed by atoms with Gasteiger partial charge in [-0.1, -0.05) is 38.5 Å². The third-order valence-corrected chi connectivity index (χ3v) is 2.68. The fourth-order valence-electron chi connectivity index (χ4n) is 1.81. The minimum absolute atomic E-state index is 0.0955. The Kier molecular flexibility index (Phi) is 6.56. The van der Waals surface area contributed by atoms with Gasteiger partial charge in [0.1, 0.15) is 12.4 Å². The Hall–Kier alpha value is -2.04. The van der Waals surface area contributed by atoms with E-state index in [2.05, 4.69) is 6.92 Å². The highest BCUT2D eigenvalue weighted by molar-refractivity contribution is 6.28. The molecule has 0 aliphatic carbocycles. The Morgan fingerprint density at radius 3 is 2.45 bits per heavy atom. The predicted molar refractivity (Wildman–Crippen MR) is 73.7 cm³/mol. The molecule has 1 N–H and O–H groups in total. The van der Waals surface area contributed by atoms with Gasteiger partial charge in [-0.3, -0.25) is 0 Å². The van der Waals surface area contributed by atoms with Crippen molar-refractivity contribution < 1.29 is 24.2 Å². The van der Waals surface area contributed by atoms with Crippen LogP contribution in [0.25, 0.3) is 0 Å². The number of hydrogen-bond acceptors (Lipinski definition) is 4. The van der Waals surface area contributed by atoms with Crippen LogP contribution in [0, 0.1) is 0 Å². The molecule has 0 spiro atoms. The fourth-order valence-corrected chi connectivity index (χ4v) is 1.81. The molecular formula is C15H20O5. The number of esters is 1. The highest BCUT2D eigenvalue weighted by Crippen LogP contribution is 2.26. The second-order valence-electron chi connectivity index (χ2n) is 4.39. The van der Waals surface area contributed by atoms with Crippen molar-refractivity contribution in [3.63, 3.8) is 0 Å². The molecule has 0 aliphatic rings. The number of carboxylic acid groups (broad SMARTS) is 1. The van der Waals surface area contributed by atoms with Gasteiger partial charge in [-0.25, -0.2) is 9.59 Å². The van der Waals surface area contributed by atoms with Gasteiger partial charge in [0, 0.05) is 5.56 Å². The van der Waals surface area contributed by atoms with Crippen LogP contribution in [-0.4, -0.2) is 23.7 Å². The standard InChI is InChI=1S/C15H20O5/c1-3-6-11-7-5-8-12(13(11)19-9-4-2)10-20-15(18)14(16)17/h5,7-8H,3-4,6,9-10H2,1-2H3,(H,16,17). The van der Waals surface area contributed by atoms with Gasteiger partial charge in [-0.2, -0.15) is 0 Å². The fraction of sp³-hybridized carbons (Fsp3) is 0.467. The molecule has 5 heteroatoms. The lowest BCUT2D eigenvalue weighted by Gasteiger charge is -2.15. The maximum Gasteiger partial charge on any atom is 0.417 e. The van der Waals surface area contributed by atoms with E-state index in [4.69, 9.17) is 14.6 Å². The van der Waals surface area contributed by atoms with E-state index in [9.17, 15) is 9.59 Å². The topological polar surface area (TPSA) is 72.8 Å². The van der Waals surface area contributed by atoms with E-state index < -0.39 is 11.9 Å². The van der Waals surface area contributed by atoms with E-state index in [1.54, 1.807) is 6.07 Å². The lowest BCUT2D eigenvalue weighted by molar-refractivity contribution is -0.164. The first-order valence-corrected chi connectivity index (χ1v) is 6.73. The summed E-state index contributed by atoms with van der Waals surface area (Å²) in [5.41, 5.74) is 1.74. The minimum atomic E-state index is -1.59. The molecule has 0 fully saturated rings. The van der Waals surface area contributed by atoms with Crippen molar-refractivity contribution in [2.24, 2.45) is 0 Å². The zero-order chi connectivity index (χ0) is 15.0. The summed E-state index contributed by atoms with van der Waals surface area (Å²) in [7, 11) is 0. The number of carboxylic acids is 1. The summed E-state index contributed by atoms with van der Waals surface area (Å²) >= 11 is 0. The molecule has 0 bridgehead atoms. The summed E-state index contributed by atoms with van der Waals surface area (Å²) in [6, 6.07) is 5.60. The molecule has 1 rings (SSSR count). The smallest absolute Gasteiger partial charge is 0.417 e. The zero-order valence-corrected chi connectivity index (χ0v) is 11.8. The zero-order valence-electron chi connectivity index (χ0n) is 11.8. The lowest BCUT2D eigenvalue weighted by atomic mass is 10.1. The molecule has 0 unspecified atom stereocenters. The number of aliphatic carboxylic acids is 1. The number of para-hydroxylation sites is 1. The Morgan fingerprint density at radius 1 is 1.15 bits per heavy atom. The van der Waals surface area contributed by atoms with E-state index in [1.165, 1.54) is 0 Å². The minimum Gasteiger partial charge on any atom is -0.493 e. The molecule has 20 heavy (non-hydrogen) atoms. The van der Waals surface area contributed by atoms with Gasteiger partial charge in [0.25, 0.3) is 0 Å². The third kappa shape index (κ3) is 4.57. The van der Waals surface area contributed by atoms with Crippen molar-refractivity contribution in [3.05, 3.63) is 29.3 Å². The molecule has 0 amide bonds. The number of hydrogen-bond donors (Lipinski definition) is 1. The van der Waals surface area contributed by atoms with E-state index in [1.807, 2.05) is 19.1 Å². The molecule has 5 nitrogen and oxygen atoms in total. The lowest BCUT2D eigenvalue weighted by Crippen LogP contribution is -2.16.